The smallest absolute Gasteiger partial charge is 0.335 e. The average Bonchev–Trinajstić information content (AvgIpc) is 2.74. The molecule has 1 N–H and O–H groups in total. The molecule has 4 rings (SSSR count). The van der Waals surface area contributed by atoms with E-state index in [4.69, 9.17) is 27.9 Å². The van der Waals surface area contributed by atoms with Crippen molar-refractivity contribution in [3.8, 4) is 22.6 Å². The van der Waals surface area contributed by atoms with Gasteiger partial charge in [-0.25, -0.2) is 14.8 Å². The molecule has 0 atom stereocenters. The second-order valence-corrected chi connectivity index (χ2v) is 7.95. The monoisotopic (exact) mass is 443 g/mol. The van der Waals surface area contributed by atoms with Crippen LogP contribution in [0.4, 0.5) is 5.95 Å². The molecule has 1 saturated heterocycles. The number of carboxylic acid groups (broad SMARTS) is 1. The molecule has 1 aliphatic heterocycles. The van der Waals surface area contributed by atoms with Crippen LogP contribution < -0.4 is 9.64 Å². The van der Waals surface area contributed by atoms with E-state index in [0.717, 1.165) is 25.9 Å². The van der Waals surface area contributed by atoms with Crippen molar-refractivity contribution in [3.63, 3.8) is 0 Å². The van der Waals surface area contributed by atoms with Gasteiger partial charge in [-0.1, -0.05) is 23.2 Å². The number of anilines is 1. The summed E-state index contributed by atoms with van der Waals surface area (Å²) < 4.78 is 5.86. The van der Waals surface area contributed by atoms with Gasteiger partial charge in [0.15, 0.2) is 5.75 Å². The Kier molecular flexibility index (Phi) is 6.06. The van der Waals surface area contributed by atoms with Crippen LogP contribution in [0.3, 0.4) is 0 Å². The number of nitrogens with zero attached hydrogens (tertiary/aromatic N) is 3. The van der Waals surface area contributed by atoms with E-state index < -0.39 is 5.97 Å². The SMILES string of the molecule is O=C(O)c1cc(Oc2cnc(N3CCCCC3)nc2)cc(-c2cc(Cl)cc(Cl)c2)c1. The first-order chi connectivity index (χ1) is 14.5. The van der Waals surface area contributed by atoms with E-state index in [-0.39, 0.29) is 5.56 Å². The summed E-state index contributed by atoms with van der Waals surface area (Å²) in [6.07, 6.45) is 6.71. The van der Waals surface area contributed by atoms with Gasteiger partial charge in [0, 0.05) is 23.1 Å². The fourth-order valence-electron chi connectivity index (χ4n) is 3.42. The van der Waals surface area contributed by atoms with Crippen molar-refractivity contribution in [2.45, 2.75) is 19.3 Å². The van der Waals surface area contributed by atoms with E-state index in [2.05, 4.69) is 14.9 Å². The Balaban J connectivity index is 1.61. The number of aromatic nitrogens is 2. The Morgan fingerprint density at radius 3 is 2.13 bits per heavy atom. The lowest BCUT2D eigenvalue weighted by Crippen LogP contribution is -2.30. The molecule has 1 aromatic heterocycles. The minimum atomic E-state index is -1.06. The van der Waals surface area contributed by atoms with Crippen LogP contribution in [0.15, 0.2) is 48.8 Å². The molecule has 0 saturated carbocycles. The second-order valence-electron chi connectivity index (χ2n) is 7.08. The number of carbonyl (C=O) groups is 1. The number of piperidine rings is 1. The molecule has 0 aliphatic carbocycles. The number of benzene rings is 2. The van der Waals surface area contributed by atoms with Gasteiger partial charge in [0.05, 0.1) is 18.0 Å². The molecule has 0 radical (unpaired) electrons. The maximum absolute atomic E-state index is 11.6. The van der Waals surface area contributed by atoms with Crippen LogP contribution in [0, 0.1) is 0 Å². The molecule has 30 heavy (non-hydrogen) atoms. The zero-order valence-corrected chi connectivity index (χ0v) is 17.5. The van der Waals surface area contributed by atoms with Crippen molar-refractivity contribution in [3.05, 3.63) is 64.4 Å². The highest BCUT2D eigenvalue weighted by Crippen LogP contribution is 2.32. The van der Waals surface area contributed by atoms with Crippen LogP contribution in [-0.4, -0.2) is 34.1 Å². The van der Waals surface area contributed by atoms with E-state index in [1.54, 1.807) is 42.7 Å². The van der Waals surface area contributed by atoms with Crippen molar-refractivity contribution >= 4 is 35.1 Å². The fraction of sp³-hybridized carbons (Fsp3) is 0.227. The van der Waals surface area contributed by atoms with Crippen LogP contribution in [-0.2, 0) is 0 Å². The summed E-state index contributed by atoms with van der Waals surface area (Å²) >= 11 is 12.2. The third-order valence-corrected chi connectivity index (χ3v) is 5.27. The Bertz CT molecular complexity index is 1050. The van der Waals surface area contributed by atoms with Gasteiger partial charge in [0.2, 0.25) is 5.95 Å². The molecule has 0 unspecified atom stereocenters. The number of hydrogen-bond donors (Lipinski definition) is 1. The fourth-order valence-corrected chi connectivity index (χ4v) is 3.95. The molecule has 2 heterocycles. The van der Waals surface area contributed by atoms with Crippen molar-refractivity contribution in [1.82, 2.24) is 9.97 Å². The highest BCUT2D eigenvalue weighted by molar-refractivity contribution is 6.35. The maximum Gasteiger partial charge on any atom is 0.335 e. The quantitative estimate of drug-likeness (QED) is 0.526. The molecule has 0 spiro atoms. The van der Waals surface area contributed by atoms with Crippen molar-refractivity contribution in [1.29, 1.82) is 0 Å². The van der Waals surface area contributed by atoms with E-state index in [1.165, 1.54) is 12.5 Å². The number of halogens is 2. The van der Waals surface area contributed by atoms with Gasteiger partial charge >= 0.3 is 5.97 Å². The molecule has 0 amide bonds. The lowest BCUT2D eigenvalue weighted by molar-refractivity contribution is 0.0696. The first kappa shape index (κ1) is 20.4. The number of carboxylic acids is 1. The largest absolute Gasteiger partial charge is 0.478 e. The summed E-state index contributed by atoms with van der Waals surface area (Å²) in [6, 6.07) is 9.78. The van der Waals surface area contributed by atoms with E-state index >= 15 is 0 Å². The first-order valence-corrected chi connectivity index (χ1v) is 10.3. The highest BCUT2D eigenvalue weighted by Gasteiger charge is 2.14. The number of hydrogen-bond acceptors (Lipinski definition) is 5. The van der Waals surface area contributed by atoms with Gasteiger partial charge in [0.1, 0.15) is 5.75 Å². The molecule has 1 fully saturated rings. The lowest BCUT2D eigenvalue weighted by Gasteiger charge is -2.26. The van der Waals surface area contributed by atoms with Crippen molar-refractivity contribution in [2.75, 3.05) is 18.0 Å². The molecule has 6 nitrogen and oxygen atoms in total. The zero-order valence-electron chi connectivity index (χ0n) is 16.0. The normalized spacial score (nSPS) is 13.9. The van der Waals surface area contributed by atoms with Gasteiger partial charge in [-0.15, -0.1) is 0 Å². The Morgan fingerprint density at radius 1 is 0.867 bits per heavy atom. The van der Waals surface area contributed by atoms with Crippen molar-refractivity contribution < 1.29 is 14.6 Å². The molecule has 1 aliphatic rings. The Hall–Kier alpha value is -2.83. The Morgan fingerprint density at radius 2 is 1.50 bits per heavy atom. The standard InChI is InChI=1S/C22H19Cl2N3O3/c23-17-7-15(8-18(24)11-17)14-6-16(21(28)29)10-19(9-14)30-20-12-25-22(26-13-20)27-4-2-1-3-5-27/h6-13H,1-5H2,(H,28,29). The second kappa shape index (κ2) is 8.90. The zero-order chi connectivity index (χ0) is 21.1. The molecule has 8 heteroatoms. The molecule has 0 bridgehead atoms. The summed E-state index contributed by atoms with van der Waals surface area (Å²) in [6.45, 7) is 1.90. The van der Waals surface area contributed by atoms with E-state index in [0.29, 0.717) is 38.6 Å². The number of ether oxygens (including phenoxy) is 1. The van der Waals surface area contributed by atoms with Crippen LogP contribution in [0.5, 0.6) is 11.5 Å². The van der Waals surface area contributed by atoms with Gasteiger partial charge in [-0.05, 0) is 66.8 Å². The minimum Gasteiger partial charge on any atom is -0.478 e. The summed E-state index contributed by atoms with van der Waals surface area (Å²) in [5, 5.41) is 10.4. The average molecular weight is 444 g/mol. The third kappa shape index (κ3) is 4.83. The molecule has 154 valence electrons. The van der Waals surface area contributed by atoms with Gasteiger partial charge < -0.3 is 14.7 Å². The molecule has 3 aromatic rings. The van der Waals surface area contributed by atoms with E-state index in [1.807, 2.05) is 0 Å². The summed E-state index contributed by atoms with van der Waals surface area (Å²) in [5.41, 5.74) is 1.40. The van der Waals surface area contributed by atoms with E-state index in [9.17, 15) is 9.90 Å². The van der Waals surface area contributed by atoms with Crippen LogP contribution in [0.1, 0.15) is 29.6 Å². The van der Waals surface area contributed by atoms with Gasteiger partial charge in [-0.3, -0.25) is 0 Å². The van der Waals surface area contributed by atoms with Crippen LogP contribution >= 0.6 is 23.2 Å². The number of rotatable bonds is 5. The summed E-state index contributed by atoms with van der Waals surface area (Å²) in [4.78, 5) is 22.6. The summed E-state index contributed by atoms with van der Waals surface area (Å²) in [5.74, 6) is 0.394. The third-order valence-electron chi connectivity index (χ3n) is 4.84. The minimum absolute atomic E-state index is 0.0875. The van der Waals surface area contributed by atoms with Crippen LogP contribution in [0.2, 0.25) is 10.0 Å². The first-order valence-electron chi connectivity index (χ1n) is 9.58. The topological polar surface area (TPSA) is 75.6 Å². The molecule has 2 aromatic carbocycles. The van der Waals surface area contributed by atoms with Crippen molar-refractivity contribution in [2.24, 2.45) is 0 Å². The maximum atomic E-state index is 11.6. The number of aromatic carboxylic acids is 1. The Labute approximate surface area is 184 Å². The molecular formula is C22H19Cl2N3O3. The van der Waals surface area contributed by atoms with Gasteiger partial charge in [0.25, 0.3) is 0 Å². The lowest BCUT2D eigenvalue weighted by atomic mass is 10.0. The predicted octanol–water partition coefficient (Wildman–Crippen LogP) is 5.93. The van der Waals surface area contributed by atoms with Crippen LogP contribution in [0.25, 0.3) is 11.1 Å². The summed E-state index contributed by atoms with van der Waals surface area (Å²) in [7, 11) is 0. The van der Waals surface area contributed by atoms with Gasteiger partial charge in [-0.2, -0.15) is 0 Å². The highest BCUT2D eigenvalue weighted by atomic mass is 35.5. The molecular weight excluding hydrogens is 425 g/mol. The predicted molar refractivity (Wildman–Crippen MR) is 117 cm³/mol.